The summed E-state index contributed by atoms with van der Waals surface area (Å²) in [5.74, 6) is -0.123. The number of nitrogens with one attached hydrogen (secondary N) is 2. The number of cyclic esters (lactones) is 1. The largest absolute Gasteiger partial charge is 0.456 e. The van der Waals surface area contributed by atoms with Crippen LogP contribution in [0.25, 0.3) is 0 Å². The molecule has 0 aromatic carbocycles. The molecule has 2 rings (SSSR count). The first-order valence-corrected chi connectivity index (χ1v) is 4.23. The third kappa shape index (κ3) is 2.37. The minimum atomic E-state index is -0.477. The number of ether oxygens (including phenoxy) is 1. The van der Waals surface area contributed by atoms with Crippen molar-refractivity contribution >= 4 is 17.9 Å². The third-order valence-corrected chi connectivity index (χ3v) is 1.69. The van der Waals surface area contributed by atoms with Gasteiger partial charge in [-0.1, -0.05) is 0 Å². The molecule has 2 N–H and O–H groups in total. The lowest BCUT2D eigenvalue weighted by Crippen LogP contribution is -2.28. The van der Waals surface area contributed by atoms with E-state index < -0.39 is 12.0 Å². The topological polar surface area (TPSA) is 80.6 Å². The number of hydrogen-bond acceptors (Lipinski definition) is 4. The number of esters is 1. The van der Waals surface area contributed by atoms with Gasteiger partial charge in [0.05, 0.1) is 12.0 Å². The second-order valence-electron chi connectivity index (χ2n) is 2.83. The average molecular weight is 208 g/mol. The molecule has 2 heterocycles. The Labute approximate surface area is 84.9 Å². The van der Waals surface area contributed by atoms with Crippen LogP contribution in [-0.2, 0) is 9.53 Å². The number of carbonyl (C=O) groups excluding carboxylic acids is 2. The van der Waals surface area contributed by atoms with Crippen LogP contribution in [0.5, 0.6) is 0 Å². The highest BCUT2D eigenvalue weighted by Gasteiger charge is 2.15. The van der Waals surface area contributed by atoms with Crippen LogP contribution in [-0.4, -0.2) is 18.6 Å². The zero-order chi connectivity index (χ0) is 10.7. The highest BCUT2D eigenvalue weighted by atomic mass is 16.5. The van der Waals surface area contributed by atoms with Crippen molar-refractivity contribution in [1.82, 2.24) is 5.32 Å². The van der Waals surface area contributed by atoms with E-state index in [0.29, 0.717) is 11.6 Å². The molecule has 1 aromatic heterocycles. The van der Waals surface area contributed by atoms with E-state index in [1.54, 1.807) is 12.1 Å². The number of urea groups is 1. The van der Waals surface area contributed by atoms with Crippen molar-refractivity contribution in [3.05, 3.63) is 30.2 Å². The normalized spacial score (nSPS) is 14.4. The molecule has 1 aromatic rings. The maximum absolute atomic E-state index is 11.3. The van der Waals surface area contributed by atoms with Crippen molar-refractivity contribution in [2.45, 2.75) is 0 Å². The molecule has 0 atom stereocenters. The Morgan fingerprint density at radius 1 is 1.40 bits per heavy atom. The zero-order valence-electron chi connectivity index (χ0n) is 7.65. The van der Waals surface area contributed by atoms with Crippen molar-refractivity contribution < 1.29 is 18.7 Å². The van der Waals surface area contributed by atoms with Crippen LogP contribution in [0.2, 0.25) is 0 Å². The predicted octanol–water partition coefficient (Wildman–Crippen LogP) is 0.842. The second kappa shape index (κ2) is 3.87. The van der Waals surface area contributed by atoms with Crippen molar-refractivity contribution in [3.8, 4) is 0 Å². The van der Waals surface area contributed by atoms with Gasteiger partial charge in [-0.2, -0.15) is 0 Å². The molecule has 0 bridgehead atoms. The van der Waals surface area contributed by atoms with Gasteiger partial charge in [-0.25, -0.2) is 9.59 Å². The Morgan fingerprint density at radius 3 is 2.87 bits per heavy atom. The first-order valence-electron chi connectivity index (χ1n) is 4.23. The van der Waals surface area contributed by atoms with Gasteiger partial charge in [-0.15, -0.1) is 0 Å². The van der Waals surface area contributed by atoms with Crippen molar-refractivity contribution in [2.24, 2.45) is 0 Å². The van der Waals surface area contributed by atoms with Crippen LogP contribution in [0.3, 0.4) is 0 Å². The maximum Gasteiger partial charge on any atom is 0.333 e. The van der Waals surface area contributed by atoms with E-state index in [9.17, 15) is 9.59 Å². The summed E-state index contributed by atoms with van der Waals surface area (Å²) in [6.45, 7) is 0.0877. The summed E-state index contributed by atoms with van der Waals surface area (Å²) in [6, 6.07) is 2.77. The van der Waals surface area contributed by atoms with E-state index in [-0.39, 0.29) is 6.61 Å². The summed E-state index contributed by atoms with van der Waals surface area (Å²) in [5, 5.41) is 4.89. The lowest BCUT2D eigenvalue weighted by atomic mass is 10.4. The third-order valence-electron chi connectivity index (χ3n) is 1.69. The molecule has 0 radical (unpaired) electrons. The van der Waals surface area contributed by atoms with Crippen LogP contribution in [0, 0.1) is 0 Å². The summed E-state index contributed by atoms with van der Waals surface area (Å²) < 4.78 is 9.50. The molecule has 1 aliphatic heterocycles. The first kappa shape index (κ1) is 9.32. The van der Waals surface area contributed by atoms with E-state index in [2.05, 4.69) is 15.4 Å². The van der Waals surface area contributed by atoms with Gasteiger partial charge >= 0.3 is 12.0 Å². The minimum Gasteiger partial charge on any atom is -0.456 e. The van der Waals surface area contributed by atoms with E-state index in [1.165, 1.54) is 12.3 Å². The molecule has 0 unspecified atom stereocenters. The molecule has 0 spiro atoms. The fraction of sp³-hybridized carbons (Fsp3) is 0.111. The Morgan fingerprint density at radius 2 is 2.27 bits per heavy atom. The summed E-state index contributed by atoms with van der Waals surface area (Å²) in [4.78, 5) is 21.9. The number of furan rings is 1. The monoisotopic (exact) mass is 208 g/mol. The van der Waals surface area contributed by atoms with Gasteiger partial charge in [0.1, 0.15) is 6.61 Å². The number of carbonyl (C=O) groups is 2. The summed E-state index contributed by atoms with van der Waals surface area (Å²) in [6.07, 6.45) is 2.67. The molecule has 78 valence electrons. The lowest BCUT2D eigenvalue weighted by molar-refractivity contribution is -0.134. The molecule has 15 heavy (non-hydrogen) atoms. The van der Waals surface area contributed by atoms with Crippen LogP contribution >= 0.6 is 0 Å². The molecule has 0 fully saturated rings. The van der Waals surface area contributed by atoms with Gasteiger partial charge in [0.2, 0.25) is 5.88 Å². The average Bonchev–Trinajstić information content (AvgIpc) is 2.77. The maximum atomic E-state index is 11.3. The number of anilines is 1. The smallest absolute Gasteiger partial charge is 0.333 e. The van der Waals surface area contributed by atoms with Crippen molar-refractivity contribution in [1.29, 1.82) is 0 Å². The fourth-order valence-electron chi connectivity index (χ4n) is 1.09. The molecule has 6 nitrogen and oxygen atoms in total. The Hall–Kier alpha value is -2.24. The van der Waals surface area contributed by atoms with Gasteiger partial charge in [-0.3, -0.25) is 5.32 Å². The summed E-state index contributed by atoms with van der Waals surface area (Å²) in [5.41, 5.74) is 0.420. The predicted molar refractivity (Wildman–Crippen MR) is 49.9 cm³/mol. The molecule has 2 amide bonds. The molecule has 1 aliphatic rings. The van der Waals surface area contributed by atoms with Gasteiger partial charge < -0.3 is 14.5 Å². The minimum absolute atomic E-state index is 0.0877. The van der Waals surface area contributed by atoms with Gasteiger partial charge in [0.25, 0.3) is 0 Å². The molecule has 6 heteroatoms. The van der Waals surface area contributed by atoms with E-state index >= 15 is 0 Å². The van der Waals surface area contributed by atoms with E-state index in [0.717, 1.165) is 0 Å². The van der Waals surface area contributed by atoms with E-state index in [4.69, 9.17) is 4.42 Å². The fourth-order valence-corrected chi connectivity index (χ4v) is 1.09. The van der Waals surface area contributed by atoms with Gasteiger partial charge in [-0.05, 0) is 6.07 Å². The summed E-state index contributed by atoms with van der Waals surface area (Å²) >= 11 is 0. The van der Waals surface area contributed by atoms with Crippen LogP contribution < -0.4 is 10.6 Å². The van der Waals surface area contributed by atoms with Crippen molar-refractivity contribution in [3.63, 3.8) is 0 Å². The standard InChI is InChI=1S/C9H8N2O4/c12-8-4-6(5-15-8)10-9(13)11-7-2-1-3-14-7/h1-4H,5H2,(H2,10,11,13). The van der Waals surface area contributed by atoms with Crippen LogP contribution in [0.15, 0.2) is 34.6 Å². The number of amides is 2. The Bertz CT molecular complexity index is 408. The highest BCUT2D eigenvalue weighted by Crippen LogP contribution is 2.07. The van der Waals surface area contributed by atoms with Crippen LogP contribution in [0.1, 0.15) is 0 Å². The van der Waals surface area contributed by atoms with Crippen LogP contribution in [0.4, 0.5) is 10.7 Å². The molecule has 0 aliphatic carbocycles. The highest BCUT2D eigenvalue weighted by molar-refractivity contribution is 5.91. The van der Waals surface area contributed by atoms with Crippen molar-refractivity contribution in [2.75, 3.05) is 11.9 Å². The first-order chi connectivity index (χ1) is 7.24. The SMILES string of the molecule is O=C(NC1=CC(=O)OC1)Nc1ccco1. The Kier molecular flexibility index (Phi) is 2.40. The molecular formula is C9H8N2O4. The second-order valence-corrected chi connectivity index (χ2v) is 2.83. The van der Waals surface area contributed by atoms with Gasteiger partial charge in [0.15, 0.2) is 0 Å². The molecular weight excluding hydrogens is 200 g/mol. The number of hydrogen-bond donors (Lipinski definition) is 2. The quantitative estimate of drug-likeness (QED) is 0.706. The summed E-state index contributed by atoms with van der Waals surface area (Å²) in [7, 11) is 0. The zero-order valence-corrected chi connectivity index (χ0v) is 7.65. The van der Waals surface area contributed by atoms with Gasteiger partial charge in [0, 0.05) is 12.1 Å². The molecule has 0 saturated carbocycles. The lowest BCUT2D eigenvalue weighted by Gasteiger charge is -2.04. The Balaban J connectivity index is 1.88. The number of rotatable bonds is 2. The molecule has 0 saturated heterocycles. The van der Waals surface area contributed by atoms with E-state index in [1.807, 2.05) is 0 Å².